The quantitative estimate of drug-likeness (QED) is 0.412. The molecule has 2 aliphatic heterocycles. The summed E-state index contributed by atoms with van der Waals surface area (Å²) in [6.45, 7) is 1.51. The maximum absolute atomic E-state index is 13.6. The van der Waals surface area contributed by atoms with Crippen LogP contribution in [0.25, 0.3) is 0 Å². The van der Waals surface area contributed by atoms with E-state index >= 15 is 0 Å². The average molecular weight is 530 g/mol. The van der Waals surface area contributed by atoms with Crippen molar-refractivity contribution in [3.63, 3.8) is 0 Å². The van der Waals surface area contributed by atoms with E-state index in [1.165, 1.54) is 5.56 Å². The number of carbonyl (C=O) groups is 2. The zero-order valence-corrected chi connectivity index (χ0v) is 22.1. The van der Waals surface area contributed by atoms with Crippen molar-refractivity contribution in [3.8, 4) is 0 Å². The Balaban J connectivity index is 1.34. The Bertz CT molecular complexity index is 1310. The zero-order chi connectivity index (χ0) is 26.5. The lowest BCUT2D eigenvalue weighted by Crippen LogP contribution is -2.40. The number of hydrogen-bond donors (Lipinski definition) is 1. The largest absolute Gasteiger partial charge is 0.481 e. The number of unbranched alkanes of at least 4 members (excludes halogenated alkanes) is 1. The molecule has 1 aliphatic carbocycles. The topological polar surface area (TPSA) is 82.3 Å². The third-order valence-electron chi connectivity index (χ3n) is 7.46. The lowest BCUT2D eigenvalue weighted by Gasteiger charge is -2.34. The third-order valence-corrected chi connectivity index (χ3v) is 7.71. The number of piperidine rings is 1. The molecule has 0 aromatic heterocycles. The van der Waals surface area contributed by atoms with Crippen molar-refractivity contribution in [2.75, 3.05) is 13.1 Å². The number of allylic oxidation sites excluding steroid dienone is 2. The predicted molar refractivity (Wildman–Crippen MR) is 151 cm³/mol. The van der Waals surface area contributed by atoms with Crippen molar-refractivity contribution >= 4 is 34.9 Å². The highest BCUT2D eigenvalue weighted by atomic mass is 35.5. The number of carbonyl (C=O) groups excluding carboxylic acids is 1. The van der Waals surface area contributed by atoms with Gasteiger partial charge < -0.3 is 10.0 Å². The summed E-state index contributed by atoms with van der Waals surface area (Å²) in [6, 6.07) is 17.8. The van der Waals surface area contributed by atoms with E-state index in [4.69, 9.17) is 26.7 Å². The minimum Gasteiger partial charge on any atom is -0.481 e. The van der Waals surface area contributed by atoms with Crippen molar-refractivity contribution in [3.05, 3.63) is 94.2 Å². The van der Waals surface area contributed by atoms with E-state index in [0.717, 1.165) is 54.2 Å². The van der Waals surface area contributed by atoms with E-state index < -0.39 is 5.97 Å². The standard InChI is InChI=1S/C31H32ClN3O3/c32-25-15-12-22(13-16-25)30-27(10-4-5-11-29(36)37)33-28-19-23(14-17-26(28)34-30)31(38)35-18-6-9-24(20-35)21-7-2-1-3-8-21/h1-3,7-8,12-17,24,28H,4-6,9-11,18-20H2,(H,36,37)/t24-,28?/m1/s1. The van der Waals surface area contributed by atoms with Gasteiger partial charge in [0.25, 0.3) is 0 Å². The number of aliphatic imine (C=N–C) groups is 2. The number of likely N-dealkylation sites (tertiary alicyclic amines) is 1. The molecule has 0 radical (unpaired) electrons. The molecule has 5 rings (SSSR count). The van der Waals surface area contributed by atoms with E-state index in [1.54, 1.807) is 0 Å². The molecule has 1 saturated heterocycles. The second-order valence-corrected chi connectivity index (χ2v) is 10.6. The smallest absolute Gasteiger partial charge is 0.303 e. The van der Waals surface area contributed by atoms with Crippen molar-refractivity contribution in [2.24, 2.45) is 9.98 Å². The Morgan fingerprint density at radius 3 is 2.58 bits per heavy atom. The minimum atomic E-state index is -0.791. The first kappa shape index (κ1) is 26.1. The molecule has 0 spiro atoms. The summed E-state index contributed by atoms with van der Waals surface area (Å²) in [5.41, 5.74) is 5.49. The molecule has 2 atom stereocenters. The first-order chi connectivity index (χ1) is 18.5. The molecule has 2 aromatic rings. The highest BCUT2D eigenvalue weighted by Gasteiger charge is 2.32. The highest BCUT2D eigenvalue weighted by Crippen LogP contribution is 2.32. The van der Waals surface area contributed by atoms with E-state index in [9.17, 15) is 9.59 Å². The number of carboxylic acid groups (broad SMARTS) is 1. The van der Waals surface area contributed by atoms with Crippen LogP contribution in [0, 0.1) is 0 Å². The van der Waals surface area contributed by atoms with Gasteiger partial charge in [0, 0.05) is 48.0 Å². The monoisotopic (exact) mass is 529 g/mol. The van der Waals surface area contributed by atoms with Gasteiger partial charge in [-0.25, -0.2) is 4.99 Å². The number of hydrogen-bond acceptors (Lipinski definition) is 4. The summed E-state index contributed by atoms with van der Waals surface area (Å²) in [4.78, 5) is 36.6. The van der Waals surface area contributed by atoms with Gasteiger partial charge in [0.15, 0.2) is 0 Å². The maximum atomic E-state index is 13.6. The van der Waals surface area contributed by atoms with E-state index in [1.807, 2.05) is 47.4 Å². The van der Waals surface area contributed by atoms with Crippen LogP contribution in [0.2, 0.25) is 5.02 Å². The fraction of sp³-hybridized carbons (Fsp3) is 0.355. The minimum absolute atomic E-state index is 0.0895. The van der Waals surface area contributed by atoms with Crippen LogP contribution in [0.1, 0.15) is 62.0 Å². The van der Waals surface area contributed by atoms with Crippen LogP contribution in [0.4, 0.5) is 0 Å². The van der Waals surface area contributed by atoms with Crippen molar-refractivity contribution in [1.82, 2.24) is 4.90 Å². The molecule has 2 aromatic carbocycles. The molecule has 1 amide bonds. The Morgan fingerprint density at radius 1 is 1.03 bits per heavy atom. The summed E-state index contributed by atoms with van der Waals surface area (Å²) in [5.74, 6) is -0.340. The second kappa shape index (κ2) is 11.9. The molecule has 6 nitrogen and oxygen atoms in total. The van der Waals surface area contributed by atoms with Crippen LogP contribution < -0.4 is 0 Å². The molecular formula is C31H32ClN3O3. The lowest BCUT2D eigenvalue weighted by atomic mass is 9.89. The van der Waals surface area contributed by atoms with Gasteiger partial charge in [0.2, 0.25) is 5.91 Å². The molecule has 0 saturated carbocycles. The molecule has 2 heterocycles. The first-order valence-electron chi connectivity index (χ1n) is 13.4. The van der Waals surface area contributed by atoms with Crippen LogP contribution in [0.5, 0.6) is 0 Å². The average Bonchev–Trinajstić information content (AvgIpc) is 2.95. The Hall–Kier alpha value is -3.51. The van der Waals surface area contributed by atoms with E-state index in [-0.39, 0.29) is 18.4 Å². The van der Waals surface area contributed by atoms with Crippen molar-refractivity contribution in [1.29, 1.82) is 0 Å². The van der Waals surface area contributed by atoms with Crippen LogP contribution in [0.3, 0.4) is 0 Å². The third kappa shape index (κ3) is 6.13. The maximum Gasteiger partial charge on any atom is 0.303 e. The fourth-order valence-corrected chi connectivity index (χ4v) is 5.58. The summed E-state index contributed by atoms with van der Waals surface area (Å²) in [5, 5.41) is 9.67. The molecule has 38 heavy (non-hydrogen) atoms. The molecule has 3 aliphatic rings. The number of halogens is 1. The van der Waals surface area contributed by atoms with Crippen LogP contribution in [0.15, 0.2) is 88.0 Å². The van der Waals surface area contributed by atoms with Gasteiger partial charge >= 0.3 is 5.97 Å². The van der Waals surface area contributed by atoms with Gasteiger partial charge in [-0.1, -0.05) is 60.1 Å². The van der Waals surface area contributed by atoms with Gasteiger partial charge in [0.05, 0.1) is 23.2 Å². The Kier molecular flexibility index (Phi) is 8.18. The van der Waals surface area contributed by atoms with Gasteiger partial charge in [-0.2, -0.15) is 0 Å². The van der Waals surface area contributed by atoms with Crippen LogP contribution in [-0.4, -0.2) is 52.4 Å². The van der Waals surface area contributed by atoms with Gasteiger partial charge in [0.1, 0.15) is 0 Å². The Labute approximate surface area is 228 Å². The lowest BCUT2D eigenvalue weighted by molar-refractivity contribution is -0.137. The van der Waals surface area contributed by atoms with Gasteiger partial charge in [-0.3, -0.25) is 14.6 Å². The first-order valence-corrected chi connectivity index (χ1v) is 13.7. The molecule has 7 heteroatoms. The second-order valence-electron chi connectivity index (χ2n) is 10.1. The van der Waals surface area contributed by atoms with Crippen molar-refractivity contribution < 1.29 is 14.7 Å². The summed E-state index contributed by atoms with van der Waals surface area (Å²) >= 11 is 6.10. The molecule has 196 valence electrons. The highest BCUT2D eigenvalue weighted by molar-refractivity contribution is 6.49. The van der Waals surface area contributed by atoms with Gasteiger partial charge in [-0.15, -0.1) is 0 Å². The molecular weight excluding hydrogens is 498 g/mol. The number of amides is 1. The molecule has 1 N–H and O–H groups in total. The van der Waals surface area contributed by atoms with Crippen molar-refractivity contribution in [2.45, 2.75) is 56.9 Å². The SMILES string of the molecule is O=C(O)CCCCC1=NC2CC(C(=O)N3CCC[C@@H](c4ccccc4)C3)=CC=C2N=C1c1ccc(Cl)cc1. The molecule has 1 unspecified atom stereocenters. The van der Waals surface area contributed by atoms with E-state index in [2.05, 4.69) is 24.3 Å². The number of nitrogens with zero attached hydrogens (tertiary/aromatic N) is 3. The molecule has 1 fully saturated rings. The normalized spacial score (nSPS) is 21.0. The van der Waals surface area contributed by atoms with Crippen LogP contribution >= 0.6 is 11.6 Å². The number of aliphatic carboxylic acids is 1. The number of carboxylic acids is 1. The van der Waals surface area contributed by atoms with E-state index in [0.29, 0.717) is 36.6 Å². The van der Waals surface area contributed by atoms with Crippen LogP contribution in [-0.2, 0) is 9.59 Å². The molecule has 0 bridgehead atoms. The summed E-state index contributed by atoms with van der Waals surface area (Å²) in [7, 11) is 0. The Morgan fingerprint density at radius 2 is 1.82 bits per heavy atom. The number of benzene rings is 2. The predicted octanol–water partition coefficient (Wildman–Crippen LogP) is 6.22. The summed E-state index contributed by atoms with van der Waals surface area (Å²) in [6.07, 6.45) is 8.52. The summed E-state index contributed by atoms with van der Waals surface area (Å²) < 4.78 is 0. The van der Waals surface area contributed by atoms with Gasteiger partial charge in [-0.05, 0) is 55.9 Å². The zero-order valence-electron chi connectivity index (χ0n) is 21.4. The number of fused-ring (bicyclic) bond motifs is 1. The fourth-order valence-electron chi connectivity index (χ4n) is 5.46. The number of rotatable bonds is 8.